The first-order chi connectivity index (χ1) is 15.9. The van der Waals surface area contributed by atoms with Gasteiger partial charge in [0.1, 0.15) is 17.4 Å². The van der Waals surface area contributed by atoms with E-state index in [1.807, 2.05) is 19.1 Å². The van der Waals surface area contributed by atoms with Crippen LogP contribution < -0.4 is 25.5 Å². The number of allylic oxidation sites excluding steroid dienone is 1. The SMILES string of the molecule is CCN(CC)CCCn1c(C)cc2c(c1=O)C(c1ccc(OC)c(OC)c1)C(C#N)=C(N)O2. The number of ether oxygens (including phenoxy) is 3. The Kier molecular flexibility index (Phi) is 7.67. The summed E-state index contributed by atoms with van der Waals surface area (Å²) in [5.41, 5.74) is 8.02. The van der Waals surface area contributed by atoms with Crippen LogP contribution in [0.4, 0.5) is 0 Å². The lowest BCUT2D eigenvalue weighted by Gasteiger charge is -2.28. The van der Waals surface area contributed by atoms with Gasteiger partial charge in [0.25, 0.3) is 5.56 Å². The van der Waals surface area contributed by atoms with E-state index < -0.39 is 5.92 Å². The molecule has 33 heavy (non-hydrogen) atoms. The number of aryl methyl sites for hydroxylation is 1. The Balaban J connectivity index is 2.11. The van der Waals surface area contributed by atoms with E-state index in [0.717, 1.165) is 31.7 Å². The maximum absolute atomic E-state index is 13.7. The van der Waals surface area contributed by atoms with E-state index in [1.165, 1.54) is 0 Å². The van der Waals surface area contributed by atoms with Gasteiger partial charge in [-0.2, -0.15) is 5.26 Å². The van der Waals surface area contributed by atoms with E-state index in [0.29, 0.717) is 34.9 Å². The van der Waals surface area contributed by atoms with Crippen molar-refractivity contribution in [1.82, 2.24) is 9.47 Å². The van der Waals surface area contributed by atoms with Crippen LogP contribution in [0.25, 0.3) is 0 Å². The summed E-state index contributed by atoms with van der Waals surface area (Å²) in [6.07, 6.45) is 0.839. The van der Waals surface area contributed by atoms with Gasteiger partial charge in [-0.05, 0) is 50.7 Å². The Bertz CT molecular complexity index is 1140. The largest absolute Gasteiger partial charge is 0.493 e. The molecule has 0 spiro atoms. The topological polar surface area (TPSA) is 103 Å². The van der Waals surface area contributed by atoms with E-state index in [4.69, 9.17) is 19.9 Å². The minimum atomic E-state index is -0.666. The van der Waals surface area contributed by atoms with Crippen LogP contribution in [0.2, 0.25) is 0 Å². The third-order valence-electron chi connectivity index (χ3n) is 6.18. The number of methoxy groups -OCH3 is 2. The Morgan fingerprint density at radius 3 is 2.48 bits per heavy atom. The lowest BCUT2D eigenvalue weighted by Crippen LogP contribution is -2.33. The van der Waals surface area contributed by atoms with Crippen LogP contribution in [-0.4, -0.2) is 43.3 Å². The fraction of sp³-hybridized carbons (Fsp3) is 0.440. The van der Waals surface area contributed by atoms with Crippen molar-refractivity contribution in [3.8, 4) is 23.3 Å². The van der Waals surface area contributed by atoms with Gasteiger partial charge in [0.2, 0.25) is 5.88 Å². The third kappa shape index (κ3) is 4.69. The van der Waals surface area contributed by atoms with Crippen molar-refractivity contribution in [3.05, 3.63) is 62.9 Å². The van der Waals surface area contributed by atoms with E-state index in [2.05, 4.69) is 24.8 Å². The number of fused-ring (bicyclic) bond motifs is 1. The third-order valence-corrected chi connectivity index (χ3v) is 6.18. The maximum Gasteiger partial charge on any atom is 0.258 e. The molecule has 1 aromatic heterocycles. The second kappa shape index (κ2) is 10.5. The number of nitrogens with zero attached hydrogens (tertiary/aromatic N) is 3. The first-order valence-electron chi connectivity index (χ1n) is 11.2. The van der Waals surface area contributed by atoms with E-state index >= 15 is 0 Å². The van der Waals surface area contributed by atoms with Crippen LogP contribution in [0.5, 0.6) is 17.2 Å². The summed E-state index contributed by atoms with van der Waals surface area (Å²) < 4.78 is 18.3. The molecule has 8 heteroatoms. The molecule has 2 N–H and O–H groups in total. The molecule has 1 aliphatic heterocycles. The number of hydrogen-bond donors (Lipinski definition) is 1. The minimum Gasteiger partial charge on any atom is -0.493 e. The van der Waals surface area contributed by atoms with Crippen LogP contribution in [0.1, 0.15) is 43.0 Å². The number of nitriles is 1. The zero-order chi connectivity index (χ0) is 24.1. The monoisotopic (exact) mass is 452 g/mol. The van der Waals surface area contributed by atoms with Gasteiger partial charge in [0.15, 0.2) is 11.5 Å². The van der Waals surface area contributed by atoms with Crippen LogP contribution in [0.3, 0.4) is 0 Å². The van der Waals surface area contributed by atoms with Crippen LogP contribution in [0, 0.1) is 18.3 Å². The van der Waals surface area contributed by atoms with Crippen LogP contribution >= 0.6 is 0 Å². The lowest BCUT2D eigenvalue weighted by molar-refractivity contribution is 0.292. The molecule has 0 aliphatic carbocycles. The highest BCUT2D eigenvalue weighted by Crippen LogP contribution is 2.42. The zero-order valence-corrected chi connectivity index (χ0v) is 20.0. The van der Waals surface area contributed by atoms with Gasteiger partial charge in [0, 0.05) is 18.3 Å². The standard InChI is InChI=1S/C25H32N4O4/c1-6-28(7-2)11-8-12-29-16(3)13-21-23(25(29)30)22(18(15-26)24(27)33-21)17-9-10-19(31-4)20(14-17)32-5/h9-10,13-14,22H,6-8,11-12,27H2,1-5H3. The molecule has 1 unspecified atom stereocenters. The van der Waals surface area contributed by atoms with Crippen LogP contribution in [0.15, 0.2) is 40.5 Å². The van der Waals surface area contributed by atoms with Crippen molar-refractivity contribution < 1.29 is 14.2 Å². The fourth-order valence-electron chi connectivity index (χ4n) is 4.32. The molecule has 2 aromatic rings. The summed E-state index contributed by atoms with van der Waals surface area (Å²) in [6.45, 7) is 9.57. The Labute approximate surface area is 194 Å². The molecule has 0 fully saturated rings. The summed E-state index contributed by atoms with van der Waals surface area (Å²) >= 11 is 0. The predicted octanol–water partition coefficient (Wildman–Crippen LogP) is 3.12. The van der Waals surface area contributed by atoms with Gasteiger partial charge in [-0.15, -0.1) is 0 Å². The van der Waals surface area contributed by atoms with Crippen molar-refractivity contribution in [3.63, 3.8) is 0 Å². The van der Waals surface area contributed by atoms with Gasteiger partial charge in [-0.1, -0.05) is 19.9 Å². The number of benzene rings is 1. The average Bonchev–Trinajstić information content (AvgIpc) is 2.82. The summed E-state index contributed by atoms with van der Waals surface area (Å²) in [7, 11) is 3.10. The predicted molar refractivity (Wildman–Crippen MR) is 127 cm³/mol. The van der Waals surface area contributed by atoms with Gasteiger partial charge in [-0.3, -0.25) is 4.79 Å². The van der Waals surface area contributed by atoms with Gasteiger partial charge in [-0.25, -0.2) is 0 Å². The van der Waals surface area contributed by atoms with Gasteiger partial charge >= 0.3 is 0 Å². The number of nitrogens with two attached hydrogens (primary N) is 1. The van der Waals surface area contributed by atoms with Crippen molar-refractivity contribution in [2.75, 3.05) is 33.9 Å². The molecule has 0 radical (unpaired) electrons. The quantitative estimate of drug-likeness (QED) is 0.623. The lowest BCUT2D eigenvalue weighted by atomic mass is 9.84. The molecular formula is C25H32N4O4. The summed E-state index contributed by atoms with van der Waals surface area (Å²) in [4.78, 5) is 16.0. The minimum absolute atomic E-state index is 0.00266. The number of hydrogen-bond acceptors (Lipinski definition) is 7. The molecule has 1 aromatic carbocycles. The first kappa shape index (κ1) is 24.2. The Morgan fingerprint density at radius 2 is 1.88 bits per heavy atom. The smallest absolute Gasteiger partial charge is 0.258 e. The molecule has 1 atom stereocenters. The summed E-state index contributed by atoms with van der Waals surface area (Å²) in [6, 6.07) is 9.31. The molecule has 176 valence electrons. The van der Waals surface area contributed by atoms with Gasteiger partial charge < -0.3 is 29.4 Å². The molecule has 2 heterocycles. The summed E-state index contributed by atoms with van der Waals surface area (Å²) in [5.74, 6) is 0.782. The number of rotatable bonds is 9. The molecule has 0 saturated heterocycles. The van der Waals surface area contributed by atoms with Gasteiger partial charge in [0.05, 0.1) is 25.7 Å². The Morgan fingerprint density at radius 1 is 1.18 bits per heavy atom. The van der Waals surface area contributed by atoms with Crippen LogP contribution in [-0.2, 0) is 6.54 Å². The van der Waals surface area contributed by atoms with E-state index in [9.17, 15) is 10.1 Å². The van der Waals surface area contributed by atoms with E-state index in [1.54, 1.807) is 30.9 Å². The molecule has 0 bridgehead atoms. The maximum atomic E-state index is 13.7. The second-order valence-corrected chi connectivity index (χ2v) is 7.94. The van der Waals surface area contributed by atoms with E-state index in [-0.39, 0.29) is 17.0 Å². The highest BCUT2D eigenvalue weighted by Gasteiger charge is 2.34. The molecular weight excluding hydrogens is 420 g/mol. The van der Waals surface area contributed by atoms with Crippen molar-refractivity contribution in [2.45, 2.75) is 39.7 Å². The molecule has 8 nitrogen and oxygen atoms in total. The summed E-state index contributed by atoms with van der Waals surface area (Å²) in [5, 5.41) is 9.88. The average molecular weight is 453 g/mol. The molecule has 0 amide bonds. The number of pyridine rings is 1. The normalized spacial score (nSPS) is 15.1. The second-order valence-electron chi connectivity index (χ2n) is 7.94. The highest BCUT2D eigenvalue weighted by molar-refractivity contribution is 5.57. The Hall–Kier alpha value is -3.44. The molecule has 1 aliphatic rings. The first-order valence-corrected chi connectivity index (χ1v) is 11.2. The van der Waals surface area contributed by atoms with Crippen molar-refractivity contribution >= 4 is 0 Å². The number of aromatic nitrogens is 1. The molecule has 0 saturated carbocycles. The van der Waals surface area contributed by atoms with Crippen molar-refractivity contribution in [2.24, 2.45) is 5.73 Å². The fourth-order valence-corrected chi connectivity index (χ4v) is 4.32. The zero-order valence-electron chi connectivity index (χ0n) is 20.0. The van der Waals surface area contributed by atoms with Crippen molar-refractivity contribution in [1.29, 1.82) is 5.26 Å². The highest BCUT2D eigenvalue weighted by atomic mass is 16.5. The molecule has 3 rings (SSSR count).